The molecule has 0 aliphatic heterocycles. The summed E-state index contributed by atoms with van der Waals surface area (Å²) in [4.78, 5) is 19.9. The first-order valence-electron chi connectivity index (χ1n) is 7.48. The van der Waals surface area contributed by atoms with Gasteiger partial charge in [-0.1, -0.05) is 6.07 Å². The second-order valence-electron chi connectivity index (χ2n) is 5.61. The van der Waals surface area contributed by atoms with E-state index in [1.165, 1.54) is 4.88 Å². The fourth-order valence-electron chi connectivity index (χ4n) is 2.28. The summed E-state index contributed by atoms with van der Waals surface area (Å²) >= 11 is 3.32. The number of hydrogen-bond donors (Lipinski definition) is 1. The van der Waals surface area contributed by atoms with Crippen LogP contribution in [0.2, 0.25) is 0 Å². The largest absolute Gasteiger partial charge is 0.322 e. The average molecular weight is 361 g/mol. The van der Waals surface area contributed by atoms with Gasteiger partial charge in [-0.15, -0.1) is 22.7 Å². The molecule has 3 aromatic heterocycles. The molecule has 3 aromatic rings. The molecule has 0 bridgehead atoms. The highest BCUT2D eigenvalue weighted by Gasteiger charge is 2.12. The molecule has 1 N–H and O–H groups in total. The van der Waals surface area contributed by atoms with E-state index in [2.05, 4.69) is 26.8 Å². The third-order valence-electron chi connectivity index (χ3n) is 3.64. The Morgan fingerprint density at radius 1 is 1.42 bits per heavy atom. The first-order valence-corrected chi connectivity index (χ1v) is 9.24. The number of carbonyl (C=O) groups excluding carboxylic acids is 1. The summed E-state index contributed by atoms with van der Waals surface area (Å²) < 4.78 is 1.74. The molecule has 0 aliphatic rings. The molecule has 8 heteroatoms. The number of hydrogen-bond acceptors (Lipinski definition) is 6. The highest BCUT2D eigenvalue weighted by molar-refractivity contribution is 7.20. The van der Waals surface area contributed by atoms with Gasteiger partial charge in [0, 0.05) is 19.0 Å². The number of rotatable bonds is 6. The maximum absolute atomic E-state index is 12.2. The smallest absolute Gasteiger partial charge is 0.238 e. The monoisotopic (exact) mass is 361 g/mol. The van der Waals surface area contributed by atoms with Crippen molar-refractivity contribution in [3.05, 3.63) is 40.5 Å². The van der Waals surface area contributed by atoms with Crippen LogP contribution in [0.25, 0.3) is 9.88 Å². The molecule has 0 aliphatic carbocycles. The standard InChI is InChI=1S/C16H19N5OS2/c1-11-13(7-17-21(11)3)19-15(22)9-20(2)8-12-10-24-16(18-12)14-5-4-6-23-14/h4-7,10H,8-9H2,1-3H3,(H,19,22). The van der Waals surface area contributed by atoms with Crippen LogP contribution in [0.3, 0.4) is 0 Å². The van der Waals surface area contributed by atoms with E-state index < -0.39 is 0 Å². The van der Waals surface area contributed by atoms with Crippen LogP contribution in [0.1, 0.15) is 11.4 Å². The van der Waals surface area contributed by atoms with Crippen LogP contribution in [0, 0.1) is 6.92 Å². The van der Waals surface area contributed by atoms with Gasteiger partial charge in [-0.05, 0) is 25.4 Å². The SMILES string of the molecule is Cc1c(NC(=O)CN(C)Cc2csc(-c3cccs3)n2)cnn1C. The van der Waals surface area contributed by atoms with Gasteiger partial charge in [-0.25, -0.2) is 4.98 Å². The molecule has 0 radical (unpaired) electrons. The van der Waals surface area contributed by atoms with Crippen LogP contribution in [0.15, 0.2) is 29.1 Å². The van der Waals surface area contributed by atoms with Crippen LogP contribution < -0.4 is 5.32 Å². The van der Waals surface area contributed by atoms with E-state index in [1.807, 2.05) is 37.4 Å². The van der Waals surface area contributed by atoms with Crippen LogP contribution >= 0.6 is 22.7 Å². The van der Waals surface area contributed by atoms with Gasteiger partial charge in [0.1, 0.15) is 5.01 Å². The molecule has 1 amide bonds. The molecule has 0 saturated carbocycles. The van der Waals surface area contributed by atoms with Gasteiger partial charge in [0.2, 0.25) is 5.91 Å². The zero-order valence-corrected chi connectivity index (χ0v) is 15.4. The number of amides is 1. The van der Waals surface area contributed by atoms with Gasteiger partial charge in [-0.2, -0.15) is 5.10 Å². The Morgan fingerprint density at radius 3 is 2.92 bits per heavy atom. The first kappa shape index (κ1) is 16.8. The zero-order valence-electron chi connectivity index (χ0n) is 13.8. The van der Waals surface area contributed by atoms with Gasteiger partial charge >= 0.3 is 0 Å². The van der Waals surface area contributed by atoms with Crippen molar-refractivity contribution in [1.82, 2.24) is 19.7 Å². The number of likely N-dealkylation sites (N-methyl/N-ethyl adjacent to an activating group) is 1. The van der Waals surface area contributed by atoms with E-state index in [0.717, 1.165) is 22.1 Å². The Labute approximate surface area is 148 Å². The summed E-state index contributed by atoms with van der Waals surface area (Å²) in [7, 11) is 3.77. The Bertz CT molecular complexity index is 822. The summed E-state index contributed by atoms with van der Waals surface area (Å²) in [6.45, 7) is 2.87. The lowest BCUT2D eigenvalue weighted by molar-refractivity contribution is -0.117. The summed E-state index contributed by atoms with van der Waals surface area (Å²) in [6, 6.07) is 4.10. The quantitative estimate of drug-likeness (QED) is 0.733. The van der Waals surface area contributed by atoms with Crippen molar-refractivity contribution in [2.45, 2.75) is 13.5 Å². The Morgan fingerprint density at radius 2 is 2.25 bits per heavy atom. The predicted molar refractivity (Wildman–Crippen MR) is 98.3 cm³/mol. The lowest BCUT2D eigenvalue weighted by Gasteiger charge is -2.14. The van der Waals surface area contributed by atoms with E-state index in [-0.39, 0.29) is 5.91 Å². The predicted octanol–water partition coefficient (Wildman–Crippen LogP) is 2.98. The topological polar surface area (TPSA) is 63.1 Å². The maximum atomic E-state index is 12.2. The molecule has 0 spiro atoms. The Balaban J connectivity index is 1.54. The van der Waals surface area contributed by atoms with Crippen LogP contribution in [0.4, 0.5) is 5.69 Å². The van der Waals surface area contributed by atoms with E-state index in [0.29, 0.717) is 13.1 Å². The minimum atomic E-state index is -0.0534. The molecule has 0 fully saturated rings. The molecule has 0 saturated heterocycles. The molecular weight excluding hydrogens is 342 g/mol. The lowest BCUT2D eigenvalue weighted by Crippen LogP contribution is -2.30. The van der Waals surface area contributed by atoms with Gasteiger partial charge in [-0.3, -0.25) is 14.4 Å². The van der Waals surface area contributed by atoms with Crippen LogP contribution in [-0.4, -0.2) is 39.2 Å². The van der Waals surface area contributed by atoms with Crippen molar-refractivity contribution in [1.29, 1.82) is 0 Å². The van der Waals surface area contributed by atoms with Gasteiger partial charge in [0.05, 0.1) is 34.7 Å². The minimum Gasteiger partial charge on any atom is -0.322 e. The molecule has 6 nitrogen and oxygen atoms in total. The number of aryl methyl sites for hydroxylation is 1. The summed E-state index contributed by atoms with van der Waals surface area (Å²) in [5.74, 6) is -0.0534. The van der Waals surface area contributed by atoms with Gasteiger partial charge < -0.3 is 5.32 Å². The second-order valence-corrected chi connectivity index (χ2v) is 7.41. The van der Waals surface area contributed by atoms with Crippen LogP contribution in [0.5, 0.6) is 0 Å². The molecule has 24 heavy (non-hydrogen) atoms. The van der Waals surface area contributed by atoms with Crippen molar-refractivity contribution in [3.63, 3.8) is 0 Å². The highest BCUT2D eigenvalue weighted by Crippen LogP contribution is 2.28. The minimum absolute atomic E-state index is 0.0534. The normalized spacial score (nSPS) is 11.2. The van der Waals surface area contributed by atoms with Gasteiger partial charge in [0.25, 0.3) is 0 Å². The summed E-state index contributed by atoms with van der Waals surface area (Å²) in [5, 5.41) is 12.1. The third-order valence-corrected chi connectivity index (χ3v) is 5.57. The lowest BCUT2D eigenvalue weighted by atomic mass is 10.3. The molecule has 3 rings (SSSR count). The number of thiazole rings is 1. The fraction of sp³-hybridized carbons (Fsp3) is 0.312. The summed E-state index contributed by atoms with van der Waals surface area (Å²) in [5.41, 5.74) is 2.67. The Hall–Kier alpha value is -2.03. The van der Waals surface area contributed by atoms with Gasteiger partial charge in [0.15, 0.2) is 0 Å². The van der Waals surface area contributed by atoms with E-state index in [1.54, 1.807) is 33.6 Å². The van der Waals surface area contributed by atoms with Crippen molar-refractivity contribution in [3.8, 4) is 9.88 Å². The number of aromatic nitrogens is 3. The molecule has 3 heterocycles. The number of thiophene rings is 1. The molecular formula is C16H19N5OS2. The third kappa shape index (κ3) is 3.89. The fourth-order valence-corrected chi connectivity index (χ4v) is 3.91. The van der Waals surface area contributed by atoms with Crippen molar-refractivity contribution in [2.24, 2.45) is 7.05 Å². The van der Waals surface area contributed by atoms with Crippen molar-refractivity contribution >= 4 is 34.3 Å². The number of nitrogens with one attached hydrogen (secondary N) is 1. The number of nitrogens with zero attached hydrogens (tertiary/aromatic N) is 4. The highest BCUT2D eigenvalue weighted by atomic mass is 32.1. The summed E-state index contributed by atoms with van der Waals surface area (Å²) in [6.07, 6.45) is 1.67. The molecule has 126 valence electrons. The van der Waals surface area contributed by atoms with E-state index >= 15 is 0 Å². The second kappa shape index (κ2) is 7.25. The molecule has 0 atom stereocenters. The molecule has 0 aromatic carbocycles. The van der Waals surface area contributed by atoms with Crippen LogP contribution in [-0.2, 0) is 18.4 Å². The van der Waals surface area contributed by atoms with Crippen molar-refractivity contribution in [2.75, 3.05) is 18.9 Å². The van der Waals surface area contributed by atoms with E-state index in [4.69, 9.17) is 0 Å². The number of anilines is 1. The molecule has 0 unspecified atom stereocenters. The van der Waals surface area contributed by atoms with Crippen molar-refractivity contribution < 1.29 is 4.79 Å². The zero-order chi connectivity index (χ0) is 17.1. The number of carbonyl (C=O) groups is 1. The first-order chi connectivity index (χ1) is 11.5. The maximum Gasteiger partial charge on any atom is 0.238 e. The average Bonchev–Trinajstić information content (AvgIpc) is 3.25. The van der Waals surface area contributed by atoms with E-state index in [9.17, 15) is 4.79 Å². The Kier molecular flexibility index (Phi) is 5.08.